The summed E-state index contributed by atoms with van der Waals surface area (Å²) >= 11 is 4.05. The van der Waals surface area contributed by atoms with Gasteiger partial charge in [-0.15, -0.1) is 0 Å². The summed E-state index contributed by atoms with van der Waals surface area (Å²) in [4.78, 5) is 8.10. The van der Waals surface area contributed by atoms with E-state index in [0.29, 0.717) is 5.95 Å². The smallest absolute Gasteiger partial charge is 0.222 e. The maximum Gasteiger partial charge on any atom is 0.222 e. The lowest BCUT2D eigenvalue weighted by Gasteiger charge is -1.96. The van der Waals surface area contributed by atoms with Gasteiger partial charge < -0.3 is 5.32 Å². The van der Waals surface area contributed by atoms with Gasteiger partial charge in [-0.25, -0.2) is 9.97 Å². The van der Waals surface area contributed by atoms with Crippen LogP contribution in [0.5, 0.6) is 0 Å². The molecule has 0 aromatic carbocycles. The summed E-state index contributed by atoms with van der Waals surface area (Å²) in [5, 5.41) is 2.85. The third kappa shape index (κ3) is 2.54. The molecule has 0 saturated heterocycles. The number of aromatic nitrogens is 2. The summed E-state index contributed by atoms with van der Waals surface area (Å²) < 4.78 is 0. The van der Waals surface area contributed by atoms with E-state index in [-0.39, 0.29) is 0 Å². The van der Waals surface area contributed by atoms with Gasteiger partial charge in [-0.3, -0.25) is 0 Å². The standard InChI is InChI=1S/C8H11N3S/c1-9-8-10-5-7(6-11-8)3-2-4-12/h2-3,5-6,12H,4H2,1H3,(H,9,10,11). The first-order chi connectivity index (χ1) is 5.86. The summed E-state index contributed by atoms with van der Waals surface area (Å²) in [6.45, 7) is 0. The Labute approximate surface area is 77.3 Å². The first kappa shape index (κ1) is 9.06. The molecule has 0 radical (unpaired) electrons. The number of hydrogen-bond donors (Lipinski definition) is 2. The SMILES string of the molecule is CNc1ncc(C=CCS)cn1. The maximum atomic E-state index is 4.05. The van der Waals surface area contributed by atoms with Gasteiger partial charge >= 0.3 is 0 Å². The van der Waals surface area contributed by atoms with Crippen LogP contribution in [0.4, 0.5) is 5.95 Å². The van der Waals surface area contributed by atoms with Crippen molar-refractivity contribution in [2.45, 2.75) is 0 Å². The molecule has 0 aliphatic rings. The predicted molar refractivity (Wildman–Crippen MR) is 54.5 cm³/mol. The van der Waals surface area contributed by atoms with E-state index in [1.54, 1.807) is 19.4 Å². The van der Waals surface area contributed by atoms with Gasteiger partial charge in [0.1, 0.15) is 0 Å². The zero-order valence-corrected chi connectivity index (χ0v) is 7.75. The highest BCUT2D eigenvalue weighted by molar-refractivity contribution is 7.80. The van der Waals surface area contributed by atoms with Crippen molar-refractivity contribution < 1.29 is 0 Å². The van der Waals surface area contributed by atoms with Gasteiger partial charge in [-0.2, -0.15) is 12.6 Å². The number of hydrogen-bond acceptors (Lipinski definition) is 4. The van der Waals surface area contributed by atoms with Crippen molar-refractivity contribution in [1.82, 2.24) is 9.97 Å². The molecule has 1 rings (SSSR count). The lowest BCUT2D eigenvalue weighted by atomic mass is 10.3. The Hall–Kier alpha value is -1.03. The highest BCUT2D eigenvalue weighted by atomic mass is 32.1. The van der Waals surface area contributed by atoms with E-state index in [0.717, 1.165) is 11.3 Å². The molecule has 12 heavy (non-hydrogen) atoms. The molecule has 0 aliphatic heterocycles. The molecule has 0 unspecified atom stereocenters. The fraction of sp³-hybridized carbons (Fsp3) is 0.250. The summed E-state index contributed by atoms with van der Waals surface area (Å²) in [5.41, 5.74) is 0.989. The predicted octanol–water partition coefficient (Wildman–Crippen LogP) is 1.46. The minimum Gasteiger partial charge on any atom is -0.357 e. The Morgan fingerprint density at radius 1 is 1.50 bits per heavy atom. The van der Waals surface area contributed by atoms with Crippen LogP contribution in [0.1, 0.15) is 5.56 Å². The number of nitrogens with zero attached hydrogens (tertiary/aromatic N) is 2. The molecule has 0 atom stereocenters. The molecular formula is C8H11N3S. The largest absolute Gasteiger partial charge is 0.357 e. The Kier molecular flexibility index (Phi) is 3.60. The van der Waals surface area contributed by atoms with Crippen molar-refractivity contribution in [3.63, 3.8) is 0 Å². The fourth-order valence-electron chi connectivity index (χ4n) is 0.742. The van der Waals surface area contributed by atoms with Crippen LogP contribution in [0.25, 0.3) is 6.08 Å². The Morgan fingerprint density at radius 3 is 2.67 bits per heavy atom. The van der Waals surface area contributed by atoms with Gasteiger partial charge in [0.25, 0.3) is 0 Å². The van der Waals surface area contributed by atoms with E-state index in [4.69, 9.17) is 0 Å². The molecule has 0 spiro atoms. The van der Waals surface area contributed by atoms with Crippen LogP contribution in [-0.2, 0) is 0 Å². The molecule has 0 amide bonds. The number of anilines is 1. The normalized spacial score (nSPS) is 10.5. The summed E-state index contributed by atoms with van der Waals surface area (Å²) in [5.74, 6) is 1.37. The zero-order chi connectivity index (χ0) is 8.81. The summed E-state index contributed by atoms with van der Waals surface area (Å²) in [6.07, 6.45) is 7.41. The summed E-state index contributed by atoms with van der Waals surface area (Å²) in [6, 6.07) is 0. The fourth-order valence-corrected chi connectivity index (χ4v) is 0.847. The molecule has 0 aliphatic carbocycles. The molecular weight excluding hydrogens is 170 g/mol. The van der Waals surface area contributed by atoms with Crippen LogP contribution >= 0.6 is 12.6 Å². The van der Waals surface area contributed by atoms with E-state index in [1.165, 1.54) is 0 Å². The summed E-state index contributed by atoms with van der Waals surface area (Å²) in [7, 11) is 1.79. The van der Waals surface area contributed by atoms with Crippen molar-refractivity contribution in [1.29, 1.82) is 0 Å². The third-order valence-electron chi connectivity index (χ3n) is 1.31. The quantitative estimate of drug-likeness (QED) is 0.693. The van der Waals surface area contributed by atoms with Crippen LogP contribution in [0, 0.1) is 0 Å². The number of rotatable bonds is 3. The monoisotopic (exact) mass is 181 g/mol. The molecule has 1 N–H and O–H groups in total. The van der Waals surface area contributed by atoms with E-state index in [2.05, 4.69) is 27.9 Å². The average Bonchev–Trinajstić information content (AvgIpc) is 2.15. The van der Waals surface area contributed by atoms with Crippen molar-refractivity contribution in [2.24, 2.45) is 0 Å². The first-order valence-electron chi connectivity index (χ1n) is 3.64. The number of thiol groups is 1. The minimum absolute atomic E-state index is 0.637. The van der Waals surface area contributed by atoms with Crippen LogP contribution in [0.15, 0.2) is 18.5 Å². The molecule has 4 heteroatoms. The van der Waals surface area contributed by atoms with Gasteiger partial charge in [0.05, 0.1) is 0 Å². The Morgan fingerprint density at radius 2 is 2.17 bits per heavy atom. The van der Waals surface area contributed by atoms with Crippen LogP contribution in [-0.4, -0.2) is 22.8 Å². The topological polar surface area (TPSA) is 37.8 Å². The molecule has 0 saturated carbocycles. The van der Waals surface area contributed by atoms with E-state index < -0.39 is 0 Å². The Balaban J connectivity index is 2.71. The van der Waals surface area contributed by atoms with Gasteiger partial charge in [0.2, 0.25) is 5.95 Å². The second-order valence-electron chi connectivity index (χ2n) is 2.17. The molecule has 1 aromatic rings. The molecule has 3 nitrogen and oxygen atoms in total. The van der Waals surface area contributed by atoms with E-state index >= 15 is 0 Å². The van der Waals surface area contributed by atoms with Crippen molar-refractivity contribution in [3.8, 4) is 0 Å². The Bertz CT molecular complexity index is 256. The van der Waals surface area contributed by atoms with E-state index in [9.17, 15) is 0 Å². The zero-order valence-electron chi connectivity index (χ0n) is 6.86. The maximum absolute atomic E-state index is 4.05. The highest BCUT2D eigenvalue weighted by Crippen LogP contribution is 2.01. The van der Waals surface area contributed by atoms with Crippen LogP contribution in [0.3, 0.4) is 0 Å². The lowest BCUT2D eigenvalue weighted by molar-refractivity contribution is 1.14. The van der Waals surface area contributed by atoms with Crippen molar-refractivity contribution >= 4 is 24.7 Å². The van der Waals surface area contributed by atoms with Gasteiger partial charge in [0, 0.05) is 30.8 Å². The number of nitrogens with one attached hydrogen (secondary N) is 1. The van der Waals surface area contributed by atoms with Gasteiger partial charge in [0.15, 0.2) is 0 Å². The molecule has 1 heterocycles. The second-order valence-corrected chi connectivity index (χ2v) is 2.54. The first-order valence-corrected chi connectivity index (χ1v) is 4.27. The van der Waals surface area contributed by atoms with Crippen LogP contribution in [0.2, 0.25) is 0 Å². The average molecular weight is 181 g/mol. The molecule has 0 bridgehead atoms. The lowest BCUT2D eigenvalue weighted by Crippen LogP contribution is -1.94. The molecule has 0 fully saturated rings. The van der Waals surface area contributed by atoms with Crippen molar-refractivity contribution in [2.75, 3.05) is 18.1 Å². The second kappa shape index (κ2) is 4.77. The molecule has 64 valence electrons. The van der Waals surface area contributed by atoms with E-state index in [1.807, 2.05) is 12.2 Å². The molecule has 1 aromatic heterocycles. The van der Waals surface area contributed by atoms with Gasteiger partial charge in [-0.1, -0.05) is 12.2 Å². The highest BCUT2D eigenvalue weighted by Gasteiger charge is 1.89. The minimum atomic E-state index is 0.637. The van der Waals surface area contributed by atoms with Crippen molar-refractivity contribution in [3.05, 3.63) is 24.0 Å². The van der Waals surface area contributed by atoms with Gasteiger partial charge in [-0.05, 0) is 0 Å². The van der Waals surface area contributed by atoms with Crippen LogP contribution < -0.4 is 5.32 Å². The third-order valence-corrected chi connectivity index (χ3v) is 1.52.